The number of aliphatic hydroxyl groups is 1. The highest BCUT2D eigenvalue weighted by atomic mass is 79.9. The van der Waals surface area contributed by atoms with Crippen LogP contribution in [0.4, 0.5) is 0 Å². The van der Waals surface area contributed by atoms with E-state index in [2.05, 4.69) is 34.2 Å². The van der Waals surface area contributed by atoms with Crippen LogP contribution in [0.1, 0.15) is 32.3 Å². The first-order valence-corrected chi connectivity index (χ1v) is 8.22. The summed E-state index contributed by atoms with van der Waals surface area (Å²) in [6, 6.07) is 4.05. The van der Waals surface area contributed by atoms with Crippen LogP contribution in [-0.2, 0) is 6.54 Å². The monoisotopic (exact) mass is 359 g/mol. The molecule has 1 unspecified atom stereocenters. The molecule has 1 aromatic rings. The molecule has 0 bridgehead atoms. The number of nitrogens with one attached hydrogen (secondary N) is 1. The van der Waals surface area contributed by atoms with Crippen LogP contribution in [0.5, 0.6) is 11.5 Å². The van der Waals surface area contributed by atoms with Gasteiger partial charge >= 0.3 is 0 Å². The van der Waals surface area contributed by atoms with Crippen molar-refractivity contribution < 1.29 is 14.6 Å². The van der Waals surface area contributed by atoms with Crippen molar-refractivity contribution in [3.8, 4) is 11.5 Å². The third kappa shape index (κ3) is 6.24. The number of halogens is 1. The van der Waals surface area contributed by atoms with E-state index in [0.29, 0.717) is 12.5 Å². The van der Waals surface area contributed by atoms with Crippen LogP contribution in [0.15, 0.2) is 16.6 Å². The Bertz CT molecular complexity index is 426. The van der Waals surface area contributed by atoms with E-state index in [4.69, 9.17) is 14.6 Å². The molecule has 0 amide bonds. The van der Waals surface area contributed by atoms with Crippen LogP contribution < -0.4 is 14.8 Å². The number of ether oxygens (including phenoxy) is 2. The lowest BCUT2D eigenvalue weighted by Gasteiger charge is -2.14. The summed E-state index contributed by atoms with van der Waals surface area (Å²) in [6.07, 6.45) is 2.11. The van der Waals surface area contributed by atoms with Gasteiger partial charge < -0.3 is 19.9 Å². The molecule has 0 spiro atoms. The largest absolute Gasteiger partial charge is 0.493 e. The van der Waals surface area contributed by atoms with Gasteiger partial charge in [0.05, 0.1) is 18.2 Å². The Morgan fingerprint density at radius 3 is 2.76 bits per heavy atom. The Balaban J connectivity index is 2.50. The average Bonchev–Trinajstić information content (AvgIpc) is 2.48. The van der Waals surface area contributed by atoms with Crippen molar-refractivity contribution in [3.63, 3.8) is 0 Å². The van der Waals surface area contributed by atoms with Gasteiger partial charge in [-0.1, -0.05) is 6.92 Å². The highest BCUT2D eigenvalue weighted by Crippen LogP contribution is 2.36. The van der Waals surface area contributed by atoms with Crippen LogP contribution in [-0.4, -0.2) is 32.0 Å². The van der Waals surface area contributed by atoms with Gasteiger partial charge in [-0.3, -0.25) is 0 Å². The van der Waals surface area contributed by atoms with E-state index in [1.807, 2.05) is 13.0 Å². The van der Waals surface area contributed by atoms with Crippen molar-refractivity contribution >= 4 is 15.9 Å². The van der Waals surface area contributed by atoms with Crippen molar-refractivity contribution in [2.75, 3.05) is 26.9 Å². The highest BCUT2D eigenvalue weighted by Gasteiger charge is 2.11. The van der Waals surface area contributed by atoms with Crippen LogP contribution >= 0.6 is 15.9 Å². The topological polar surface area (TPSA) is 50.7 Å². The van der Waals surface area contributed by atoms with Crippen molar-refractivity contribution in [2.45, 2.75) is 33.2 Å². The Hall–Kier alpha value is -0.780. The van der Waals surface area contributed by atoms with Crippen LogP contribution in [0.25, 0.3) is 0 Å². The summed E-state index contributed by atoms with van der Waals surface area (Å²) >= 11 is 3.53. The third-order valence-electron chi connectivity index (χ3n) is 3.27. The van der Waals surface area contributed by atoms with Crippen LogP contribution in [0, 0.1) is 5.92 Å². The lowest BCUT2D eigenvalue weighted by atomic mass is 10.1. The van der Waals surface area contributed by atoms with Crippen molar-refractivity contribution in [2.24, 2.45) is 5.92 Å². The number of methoxy groups -OCH3 is 1. The van der Waals surface area contributed by atoms with E-state index in [0.717, 1.165) is 47.5 Å². The van der Waals surface area contributed by atoms with E-state index in [9.17, 15) is 0 Å². The second-order valence-electron chi connectivity index (χ2n) is 5.15. The van der Waals surface area contributed by atoms with Gasteiger partial charge in [-0.05, 0) is 65.9 Å². The van der Waals surface area contributed by atoms with E-state index in [1.54, 1.807) is 7.11 Å². The molecule has 1 atom stereocenters. The van der Waals surface area contributed by atoms with Gasteiger partial charge in [-0.2, -0.15) is 0 Å². The fraction of sp³-hybridized carbons (Fsp3) is 0.625. The van der Waals surface area contributed by atoms with Gasteiger partial charge in [0.1, 0.15) is 0 Å². The van der Waals surface area contributed by atoms with E-state index in [-0.39, 0.29) is 6.61 Å². The molecule has 0 fully saturated rings. The second kappa shape index (κ2) is 10.0. The number of rotatable bonds is 10. The Kier molecular flexibility index (Phi) is 8.73. The lowest BCUT2D eigenvalue weighted by molar-refractivity contribution is 0.228. The number of aliphatic hydroxyl groups excluding tert-OH is 1. The molecule has 0 aliphatic rings. The van der Waals surface area contributed by atoms with Gasteiger partial charge in [0.2, 0.25) is 0 Å². The quantitative estimate of drug-likeness (QED) is 0.629. The fourth-order valence-corrected chi connectivity index (χ4v) is 2.66. The molecule has 1 aromatic carbocycles. The summed E-state index contributed by atoms with van der Waals surface area (Å²) in [7, 11) is 1.65. The number of benzene rings is 1. The minimum Gasteiger partial charge on any atom is -0.493 e. The van der Waals surface area contributed by atoms with E-state index < -0.39 is 0 Å². The minimum absolute atomic E-state index is 0.267. The lowest BCUT2D eigenvalue weighted by Crippen LogP contribution is -2.16. The number of hydrogen-bond acceptors (Lipinski definition) is 4. The molecule has 0 radical (unpaired) electrons. The summed E-state index contributed by atoms with van der Waals surface area (Å²) in [5.41, 5.74) is 1.15. The van der Waals surface area contributed by atoms with Crippen LogP contribution in [0.2, 0.25) is 0 Å². The molecule has 0 saturated carbocycles. The summed E-state index contributed by atoms with van der Waals surface area (Å²) in [5.74, 6) is 1.88. The molecule has 2 N–H and O–H groups in total. The predicted octanol–water partition coefficient (Wildman–Crippen LogP) is 3.35. The van der Waals surface area contributed by atoms with Gasteiger partial charge in [-0.15, -0.1) is 0 Å². The first-order chi connectivity index (χ1) is 10.1. The minimum atomic E-state index is 0.267. The first-order valence-electron chi connectivity index (χ1n) is 7.43. The Morgan fingerprint density at radius 1 is 1.38 bits per heavy atom. The SMILES string of the molecule is CCOc1c(Br)cc(CNCCCC(C)CO)cc1OC. The van der Waals surface area contributed by atoms with Crippen molar-refractivity contribution in [3.05, 3.63) is 22.2 Å². The van der Waals surface area contributed by atoms with Crippen molar-refractivity contribution in [1.29, 1.82) is 0 Å². The second-order valence-corrected chi connectivity index (χ2v) is 6.00. The molecule has 0 aromatic heterocycles. The standard InChI is InChI=1S/C16H26BrNO3/c1-4-21-16-14(17)8-13(9-15(16)20-3)10-18-7-5-6-12(2)11-19/h8-9,12,18-19H,4-7,10-11H2,1-3H3. The zero-order chi connectivity index (χ0) is 15.7. The summed E-state index contributed by atoms with van der Waals surface area (Å²) in [4.78, 5) is 0. The summed E-state index contributed by atoms with van der Waals surface area (Å²) in [6.45, 7) is 6.62. The molecule has 0 aliphatic heterocycles. The smallest absolute Gasteiger partial charge is 0.175 e. The zero-order valence-electron chi connectivity index (χ0n) is 13.1. The summed E-state index contributed by atoms with van der Waals surface area (Å²) in [5, 5.41) is 12.4. The fourth-order valence-electron chi connectivity index (χ4n) is 2.06. The van der Waals surface area contributed by atoms with Crippen molar-refractivity contribution in [1.82, 2.24) is 5.32 Å². The van der Waals surface area contributed by atoms with E-state index in [1.165, 1.54) is 0 Å². The predicted molar refractivity (Wildman–Crippen MR) is 89.1 cm³/mol. The number of hydrogen-bond donors (Lipinski definition) is 2. The molecule has 21 heavy (non-hydrogen) atoms. The molecular weight excluding hydrogens is 334 g/mol. The third-order valence-corrected chi connectivity index (χ3v) is 3.86. The maximum absolute atomic E-state index is 8.98. The van der Waals surface area contributed by atoms with Crippen LogP contribution in [0.3, 0.4) is 0 Å². The maximum atomic E-state index is 8.98. The first kappa shape index (κ1) is 18.3. The zero-order valence-corrected chi connectivity index (χ0v) is 14.7. The maximum Gasteiger partial charge on any atom is 0.175 e. The van der Waals surface area contributed by atoms with Gasteiger partial charge in [0.15, 0.2) is 11.5 Å². The molecule has 0 saturated heterocycles. The Morgan fingerprint density at radius 2 is 2.14 bits per heavy atom. The van der Waals surface area contributed by atoms with Gasteiger partial charge in [0, 0.05) is 13.2 Å². The average molecular weight is 360 g/mol. The van der Waals surface area contributed by atoms with Gasteiger partial charge in [0.25, 0.3) is 0 Å². The molecule has 0 heterocycles. The molecule has 1 rings (SSSR count). The summed E-state index contributed by atoms with van der Waals surface area (Å²) < 4.78 is 11.9. The molecular formula is C16H26BrNO3. The van der Waals surface area contributed by atoms with Gasteiger partial charge in [-0.25, -0.2) is 0 Å². The normalized spacial score (nSPS) is 12.2. The molecule has 4 nitrogen and oxygen atoms in total. The highest BCUT2D eigenvalue weighted by molar-refractivity contribution is 9.10. The Labute approximate surface area is 136 Å². The molecule has 120 valence electrons. The molecule has 5 heteroatoms. The van der Waals surface area contributed by atoms with E-state index >= 15 is 0 Å². The molecule has 0 aliphatic carbocycles.